The van der Waals surface area contributed by atoms with E-state index < -0.39 is 10.0 Å². The van der Waals surface area contributed by atoms with Crippen molar-refractivity contribution in [2.45, 2.75) is 33.1 Å². The first-order valence-corrected chi connectivity index (χ1v) is 10.1. The maximum Gasteiger partial charge on any atom is 0.243 e. The molecule has 2 N–H and O–H groups in total. The van der Waals surface area contributed by atoms with Crippen molar-refractivity contribution in [3.63, 3.8) is 0 Å². The summed E-state index contributed by atoms with van der Waals surface area (Å²) in [5.74, 6) is 0.150. The lowest BCUT2D eigenvalue weighted by atomic mass is 10.1. The van der Waals surface area contributed by atoms with Gasteiger partial charge in [-0.25, -0.2) is 8.42 Å². The maximum atomic E-state index is 11.9. The van der Waals surface area contributed by atoms with Gasteiger partial charge >= 0.3 is 0 Å². The molecule has 0 unspecified atom stereocenters. The molecule has 0 spiro atoms. The number of benzene rings is 1. The van der Waals surface area contributed by atoms with E-state index in [4.69, 9.17) is 0 Å². The fourth-order valence-electron chi connectivity index (χ4n) is 2.53. The highest BCUT2D eigenvalue weighted by molar-refractivity contribution is 7.93. The van der Waals surface area contributed by atoms with Crippen LogP contribution in [0.4, 0.5) is 11.4 Å². The Kier molecular flexibility index (Phi) is 6.41. The van der Waals surface area contributed by atoms with Crippen LogP contribution >= 0.6 is 0 Å². The molecule has 0 atom stereocenters. The van der Waals surface area contributed by atoms with E-state index in [2.05, 4.69) is 10.6 Å². The van der Waals surface area contributed by atoms with Gasteiger partial charge in [-0.05, 0) is 43.0 Å². The second kappa shape index (κ2) is 8.33. The summed E-state index contributed by atoms with van der Waals surface area (Å²) < 4.78 is 25.2. The van der Waals surface area contributed by atoms with Crippen LogP contribution in [0.25, 0.3) is 0 Å². The van der Waals surface area contributed by atoms with Crippen LogP contribution in [0, 0.1) is 5.92 Å². The first kappa shape index (κ1) is 19.2. The van der Waals surface area contributed by atoms with E-state index in [0.717, 1.165) is 6.42 Å². The van der Waals surface area contributed by atoms with E-state index in [9.17, 15) is 18.0 Å². The van der Waals surface area contributed by atoms with Crippen molar-refractivity contribution in [3.05, 3.63) is 24.3 Å². The number of rotatable bonds is 7. The van der Waals surface area contributed by atoms with Crippen LogP contribution in [-0.4, -0.2) is 39.1 Å². The third-order valence-corrected chi connectivity index (χ3v) is 5.80. The third kappa shape index (κ3) is 5.74. The van der Waals surface area contributed by atoms with Gasteiger partial charge in [0.15, 0.2) is 0 Å². The second-order valence-corrected chi connectivity index (χ2v) is 8.56. The summed E-state index contributed by atoms with van der Waals surface area (Å²) in [5, 5.41) is 5.27. The maximum absolute atomic E-state index is 11.9. The van der Waals surface area contributed by atoms with E-state index in [1.807, 2.05) is 13.8 Å². The molecule has 138 valence electrons. The topological polar surface area (TPSA) is 95.6 Å². The molecule has 1 saturated heterocycles. The number of carbonyl (C=O) groups is 2. The van der Waals surface area contributed by atoms with Crippen LogP contribution in [0.5, 0.6) is 0 Å². The first-order valence-electron chi connectivity index (χ1n) is 8.45. The zero-order valence-electron chi connectivity index (χ0n) is 14.6. The van der Waals surface area contributed by atoms with Crippen molar-refractivity contribution in [2.75, 3.05) is 28.5 Å². The minimum absolute atomic E-state index is 0.0841. The predicted octanol–water partition coefficient (Wildman–Crippen LogP) is 1.72. The third-order valence-electron chi connectivity index (χ3n) is 3.93. The average Bonchev–Trinajstić information content (AvgIpc) is 2.91. The normalized spacial score (nSPS) is 16.0. The average molecular weight is 367 g/mol. The lowest BCUT2D eigenvalue weighted by Gasteiger charge is -2.17. The number of sulfonamides is 1. The van der Waals surface area contributed by atoms with E-state index in [1.54, 1.807) is 24.3 Å². The Hall–Kier alpha value is -2.09. The summed E-state index contributed by atoms with van der Waals surface area (Å²) in [5.41, 5.74) is 1.15. The molecule has 0 bridgehead atoms. The number of hydrogen-bond donors (Lipinski definition) is 2. The van der Waals surface area contributed by atoms with Crippen molar-refractivity contribution in [1.82, 2.24) is 5.32 Å². The lowest BCUT2D eigenvalue weighted by Crippen LogP contribution is -2.32. The number of amides is 2. The van der Waals surface area contributed by atoms with E-state index >= 15 is 0 Å². The van der Waals surface area contributed by atoms with Crippen molar-refractivity contribution in [2.24, 2.45) is 5.92 Å². The molecule has 1 aliphatic rings. The van der Waals surface area contributed by atoms with Gasteiger partial charge < -0.3 is 10.6 Å². The predicted molar refractivity (Wildman–Crippen MR) is 97.9 cm³/mol. The molecule has 1 fully saturated rings. The largest absolute Gasteiger partial charge is 0.347 e. The second-order valence-electron chi connectivity index (χ2n) is 6.55. The highest BCUT2D eigenvalue weighted by Gasteiger charge is 2.28. The van der Waals surface area contributed by atoms with Gasteiger partial charge in [0.1, 0.15) is 0 Å². The zero-order chi connectivity index (χ0) is 18.4. The summed E-state index contributed by atoms with van der Waals surface area (Å²) >= 11 is 0. The summed E-state index contributed by atoms with van der Waals surface area (Å²) in [6.07, 6.45) is 1.82. The van der Waals surface area contributed by atoms with Gasteiger partial charge in [-0.2, -0.15) is 0 Å². The molecule has 0 saturated carbocycles. The Morgan fingerprint density at radius 3 is 2.40 bits per heavy atom. The SMILES string of the molecule is CC(C)CCC(=O)NCC(=O)Nc1ccc(N2CCCS2(=O)=O)cc1. The monoisotopic (exact) mass is 367 g/mol. The van der Waals surface area contributed by atoms with Gasteiger partial charge in [0.05, 0.1) is 18.0 Å². The molecule has 1 aromatic carbocycles. The molecule has 2 rings (SSSR count). The van der Waals surface area contributed by atoms with E-state index in [0.29, 0.717) is 36.7 Å². The van der Waals surface area contributed by atoms with Gasteiger partial charge in [-0.1, -0.05) is 13.8 Å². The Balaban J connectivity index is 1.82. The smallest absolute Gasteiger partial charge is 0.243 e. The van der Waals surface area contributed by atoms with Crippen LogP contribution in [0.1, 0.15) is 33.1 Å². The van der Waals surface area contributed by atoms with Crippen LogP contribution in [0.3, 0.4) is 0 Å². The van der Waals surface area contributed by atoms with Gasteiger partial charge in [-0.3, -0.25) is 13.9 Å². The molecular weight excluding hydrogens is 342 g/mol. The van der Waals surface area contributed by atoms with Gasteiger partial charge in [0.2, 0.25) is 21.8 Å². The highest BCUT2D eigenvalue weighted by Crippen LogP contribution is 2.25. The number of hydrogen-bond acceptors (Lipinski definition) is 4. The van der Waals surface area contributed by atoms with Gasteiger partial charge in [-0.15, -0.1) is 0 Å². The van der Waals surface area contributed by atoms with Crippen LogP contribution in [0.15, 0.2) is 24.3 Å². The summed E-state index contributed by atoms with van der Waals surface area (Å²) in [6, 6.07) is 6.64. The molecule has 0 aliphatic carbocycles. The Morgan fingerprint density at radius 2 is 1.84 bits per heavy atom. The molecule has 7 nitrogen and oxygen atoms in total. The van der Waals surface area contributed by atoms with Crippen LogP contribution in [0.2, 0.25) is 0 Å². The van der Waals surface area contributed by atoms with Gasteiger partial charge in [0, 0.05) is 18.7 Å². The van der Waals surface area contributed by atoms with Crippen molar-refractivity contribution >= 4 is 33.2 Å². The molecule has 0 radical (unpaired) electrons. The molecule has 25 heavy (non-hydrogen) atoms. The van der Waals surface area contributed by atoms with E-state index in [-0.39, 0.29) is 24.1 Å². The number of nitrogens with zero attached hydrogens (tertiary/aromatic N) is 1. The number of anilines is 2. The quantitative estimate of drug-likeness (QED) is 0.767. The van der Waals surface area contributed by atoms with Crippen LogP contribution in [-0.2, 0) is 19.6 Å². The lowest BCUT2D eigenvalue weighted by molar-refractivity contribution is -0.124. The molecule has 8 heteroatoms. The van der Waals surface area contributed by atoms with Crippen molar-refractivity contribution in [3.8, 4) is 0 Å². The Morgan fingerprint density at radius 1 is 1.16 bits per heavy atom. The Labute approximate surface area is 148 Å². The molecule has 1 aromatic rings. The molecule has 1 heterocycles. The standard InChI is InChI=1S/C17H25N3O4S/c1-13(2)4-9-16(21)18-12-17(22)19-14-5-7-15(8-6-14)20-10-3-11-25(20,23)24/h5-8,13H,3-4,9-12H2,1-2H3,(H,18,21)(H,19,22). The fraction of sp³-hybridized carbons (Fsp3) is 0.529. The number of carbonyl (C=O) groups excluding carboxylic acids is 2. The zero-order valence-corrected chi connectivity index (χ0v) is 15.4. The van der Waals surface area contributed by atoms with E-state index in [1.165, 1.54) is 4.31 Å². The molecule has 2 amide bonds. The van der Waals surface area contributed by atoms with Crippen molar-refractivity contribution in [1.29, 1.82) is 0 Å². The van der Waals surface area contributed by atoms with Crippen LogP contribution < -0.4 is 14.9 Å². The summed E-state index contributed by atoms with van der Waals surface area (Å²) in [4.78, 5) is 23.5. The minimum Gasteiger partial charge on any atom is -0.347 e. The first-order chi connectivity index (χ1) is 11.8. The fourth-order valence-corrected chi connectivity index (χ4v) is 4.10. The Bertz CT molecular complexity index is 714. The minimum atomic E-state index is -3.21. The van der Waals surface area contributed by atoms with Gasteiger partial charge in [0.25, 0.3) is 0 Å². The van der Waals surface area contributed by atoms with Crippen molar-refractivity contribution < 1.29 is 18.0 Å². The molecule has 1 aliphatic heterocycles. The highest BCUT2D eigenvalue weighted by atomic mass is 32.2. The molecular formula is C17H25N3O4S. The number of nitrogens with one attached hydrogen (secondary N) is 2. The molecule has 0 aromatic heterocycles. The summed E-state index contributed by atoms with van der Waals surface area (Å²) in [6.45, 7) is 4.48. The summed E-state index contributed by atoms with van der Waals surface area (Å²) in [7, 11) is -3.21.